The van der Waals surface area contributed by atoms with Gasteiger partial charge in [-0.3, -0.25) is 4.79 Å². The molecule has 1 fully saturated rings. The number of anilines is 1. The van der Waals surface area contributed by atoms with Gasteiger partial charge in [-0.25, -0.2) is 0 Å². The van der Waals surface area contributed by atoms with Crippen molar-refractivity contribution in [2.45, 2.75) is 31.2 Å². The predicted molar refractivity (Wildman–Crippen MR) is 99.7 cm³/mol. The maximum atomic E-state index is 12.4. The largest absolute Gasteiger partial charge is 0.496 e. The van der Waals surface area contributed by atoms with Gasteiger partial charge in [-0.2, -0.15) is 0 Å². The van der Waals surface area contributed by atoms with Crippen molar-refractivity contribution < 1.29 is 9.53 Å². The minimum atomic E-state index is -0.722. The number of para-hydroxylation sites is 1. The van der Waals surface area contributed by atoms with E-state index in [1.54, 1.807) is 7.11 Å². The minimum Gasteiger partial charge on any atom is -0.496 e. The van der Waals surface area contributed by atoms with Gasteiger partial charge in [0.2, 0.25) is 5.91 Å². The maximum Gasteiger partial charge on any atom is 0.244 e. The maximum absolute atomic E-state index is 12.4. The molecule has 3 N–H and O–H groups in total. The van der Waals surface area contributed by atoms with Crippen LogP contribution in [0.4, 0.5) is 5.69 Å². The van der Waals surface area contributed by atoms with E-state index in [9.17, 15) is 4.79 Å². The molecule has 0 saturated heterocycles. The average molecular weight is 347 g/mol. The average Bonchev–Trinajstić information content (AvgIpc) is 3.03. The van der Waals surface area contributed by atoms with Gasteiger partial charge in [0, 0.05) is 11.3 Å². The first-order chi connectivity index (χ1) is 11.1. The van der Waals surface area contributed by atoms with Gasteiger partial charge >= 0.3 is 0 Å². The molecular formula is C19H23ClN2O2. The number of nitrogens with one attached hydrogen (secondary N) is 1. The SMILES string of the molecule is COc1ccccc1-c1cccc(NC(=O)C2(N)CCCC2)c1.Cl. The molecule has 5 heteroatoms. The van der Waals surface area contributed by atoms with Crippen LogP contribution >= 0.6 is 12.4 Å². The fourth-order valence-electron chi connectivity index (χ4n) is 3.14. The highest BCUT2D eigenvalue weighted by Crippen LogP contribution is 2.32. The van der Waals surface area contributed by atoms with E-state index >= 15 is 0 Å². The van der Waals surface area contributed by atoms with Crippen molar-refractivity contribution in [2.75, 3.05) is 12.4 Å². The molecule has 0 atom stereocenters. The molecule has 0 spiro atoms. The Labute approximate surface area is 148 Å². The number of carbonyl (C=O) groups is 1. The Morgan fingerprint density at radius 1 is 1.12 bits per heavy atom. The lowest BCUT2D eigenvalue weighted by molar-refractivity contribution is -0.121. The summed E-state index contributed by atoms with van der Waals surface area (Å²) < 4.78 is 5.41. The second-order valence-electron chi connectivity index (χ2n) is 6.10. The Morgan fingerprint density at radius 2 is 1.83 bits per heavy atom. The molecule has 3 rings (SSSR count). The second kappa shape index (κ2) is 7.69. The highest BCUT2D eigenvalue weighted by atomic mass is 35.5. The van der Waals surface area contributed by atoms with E-state index in [4.69, 9.17) is 10.5 Å². The molecule has 0 aliphatic heterocycles. The molecule has 0 heterocycles. The van der Waals surface area contributed by atoms with Gasteiger partial charge < -0.3 is 15.8 Å². The Balaban J connectivity index is 0.00000208. The monoisotopic (exact) mass is 346 g/mol. The topological polar surface area (TPSA) is 64.3 Å². The summed E-state index contributed by atoms with van der Waals surface area (Å²) in [5.41, 5.74) is 8.24. The van der Waals surface area contributed by atoms with Crippen LogP contribution in [0.3, 0.4) is 0 Å². The number of hydrogen-bond donors (Lipinski definition) is 2. The summed E-state index contributed by atoms with van der Waals surface area (Å²) in [5.74, 6) is 0.717. The number of amides is 1. The van der Waals surface area contributed by atoms with Crippen molar-refractivity contribution in [3.05, 3.63) is 48.5 Å². The fourth-order valence-corrected chi connectivity index (χ4v) is 3.14. The number of benzene rings is 2. The van der Waals surface area contributed by atoms with Crippen LogP contribution in [-0.2, 0) is 4.79 Å². The molecule has 2 aromatic carbocycles. The van der Waals surface area contributed by atoms with E-state index in [1.807, 2.05) is 48.5 Å². The van der Waals surface area contributed by atoms with Gasteiger partial charge in [-0.05, 0) is 36.6 Å². The third kappa shape index (κ3) is 3.71. The number of halogens is 1. The Bertz CT molecular complexity index is 712. The van der Waals surface area contributed by atoms with E-state index in [-0.39, 0.29) is 18.3 Å². The molecule has 1 amide bonds. The van der Waals surface area contributed by atoms with Gasteiger partial charge in [-0.1, -0.05) is 43.2 Å². The van der Waals surface area contributed by atoms with Crippen molar-refractivity contribution in [3.8, 4) is 16.9 Å². The molecule has 0 unspecified atom stereocenters. The molecule has 128 valence electrons. The quantitative estimate of drug-likeness (QED) is 0.879. The van der Waals surface area contributed by atoms with Crippen molar-refractivity contribution in [1.29, 1.82) is 0 Å². The van der Waals surface area contributed by atoms with Crippen LogP contribution < -0.4 is 15.8 Å². The third-order valence-electron chi connectivity index (χ3n) is 4.49. The Morgan fingerprint density at radius 3 is 2.54 bits per heavy atom. The fraction of sp³-hybridized carbons (Fsp3) is 0.316. The summed E-state index contributed by atoms with van der Waals surface area (Å²) in [6.07, 6.45) is 3.55. The van der Waals surface area contributed by atoms with Crippen LogP contribution in [0.5, 0.6) is 5.75 Å². The lowest BCUT2D eigenvalue weighted by Gasteiger charge is -2.22. The summed E-state index contributed by atoms with van der Waals surface area (Å²) >= 11 is 0. The molecule has 1 saturated carbocycles. The number of nitrogens with two attached hydrogens (primary N) is 1. The normalized spacial score (nSPS) is 15.4. The third-order valence-corrected chi connectivity index (χ3v) is 4.49. The van der Waals surface area contributed by atoms with Crippen LogP contribution in [0.15, 0.2) is 48.5 Å². The predicted octanol–water partition coefficient (Wildman–Crippen LogP) is 3.99. The number of rotatable bonds is 4. The van der Waals surface area contributed by atoms with Crippen LogP contribution in [0, 0.1) is 0 Å². The molecule has 1 aliphatic rings. The molecule has 0 bridgehead atoms. The Kier molecular flexibility index (Phi) is 5.86. The van der Waals surface area contributed by atoms with Crippen molar-refractivity contribution >= 4 is 24.0 Å². The zero-order valence-electron chi connectivity index (χ0n) is 13.7. The second-order valence-corrected chi connectivity index (χ2v) is 6.10. The van der Waals surface area contributed by atoms with Gasteiger partial charge in [-0.15, -0.1) is 12.4 Å². The Hall–Kier alpha value is -2.04. The van der Waals surface area contributed by atoms with Crippen molar-refractivity contribution in [1.82, 2.24) is 0 Å². The molecule has 0 radical (unpaired) electrons. The van der Waals surface area contributed by atoms with E-state index in [1.165, 1.54) is 0 Å². The van der Waals surface area contributed by atoms with Gasteiger partial charge in [0.05, 0.1) is 12.6 Å². The van der Waals surface area contributed by atoms with E-state index < -0.39 is 5.54 Å². The molecule has 0 aromatic heterocycles. The number of hydrogen-bond acceptors (Lipinski definition) is 3. The summed E-state index contributed by atoms with van der Waals surface area (Å²) in [6, 6.07) is 15.6. The number of ether oxygens (including phenoxy) is 1. The molecule has 1 aliphatic carbocycles. The zero-order chi connectivity index (χ0) is 16.3. The van der Waals surface area contributed by atoms with Crippen molar-refractivity contribution in [2.24, 2.45) is 5.73 Å². The van der Waals surface area contributed by atoms with Gasteiger partial charge in [0.25, 0.3) is 0 Å². The summed E-state index contributed by atoms with van der Waals surface area (Å²) in [6.45, 7) is 0. The minimum absolute atomic E-state index is 0. The first-order valence-electron chi connectivity index (χ1n) is 7.96. The van der Waals surface area contributed by atoms with Crippen LogP contribution in [-0.4, -0.2) is 18.6 Å². The first-order valence-corrected chi connectivity index (χ1v) is 7.96. The van der Waals surface area contributed by atoms with E-state index in [0.717, 1.165) is 48.2 Å². The lowest BCUT2D eigenvalue weighted by Crippen LogP contribution is -2.48. The van der Waals surface area contributed by atoms with Gasteiger partial charge in [0.15, 0.2) is 0 Å². The molecular weight excluding hydrogens is 324 g/mol. The zero-order valence-corrected chi connectivity index (χ0v) is 14.6. The summed E-state index contributed by atoms with van der Waals surface area (Å²) in [7, 11) is 1.66. The summed E-state index contributed by atoms with van der Waals surface area (Å²) in [5, 5.41) is 2.97. The van der Waals surface area contributed by atoms with Crippen LogP contribution in [0.25, 0.3) is 11.1 Å². The standard InChI is InChI=1S/C19H22N2O2.ClH/c1-23-17-10-3-2-9-16(17)14-7-6-8-15(13-14)21-18(22)19(20)11-4-5-12-19;/h2-3,6-10,13H,4-5,11-12,20H2,1H3,(H,21,22);1H. The van der Waals surface area contributed by atoms with Crippen molar-refractivity contribution in [3.63, 3.8) is 0 Å². The molecule has 2 aromatic rings. The highest BCUT2D eigenvalue weighted by Gasteiger charge is 2.36. The molecule has 24 heavy (non-hydrogen) atoms. The molecule has 4 nitrogen and oxygen atoms in total. The van der Waals surface area contributed by atoms with Gasteiger partial charge in [0.1, 0.15) is 5.75 Å². The van der Waals surface area contributed by atoms with E-state index in [0.29, 0.717) is 0 Å². The summed E-state index contributed by atoms with van der Waals surface area (Å²) in [4.78, 5) is 12.4. The van der Waals surface area contributed by atoms with Crippen LogP contribution in [0.1, 0.15) is 25.7 Å². The number of carbonyl (C=O) groups excluding carboxylic acids is 1. The van der Waals surface area contributed by atoms with Crippen LogP contribution in [0.2, 0.25) is 0 Å². The number of methoxy groups -OCH3 is 1. The smallest absolute Gasteiger partial charge is 0.244 e. The highest BCUT2D eigenvalue weighted by molar-refractivity contribution is 5.98. The lowest BCUT2D eigenvalue weighted by atomic mass is 9.97. The van der Waals surface area contributed by atoms with E-state index in [2.05, 4.69) is 5.32 Å². The first kappa shape index (κ1) is 18.3.